The standard InChI is InChI=1S/C15H17N2O3.HI/c1-3-8-16-9-4-5-13(11-16)12-6-7-15(20-2)14(10-12)17(18)19;/h4-7,9-11H,3,8H2,1-2H3;1H/q+1;/p-1. The molecule has 0 bridgehead atoms. The summed E-state index contributed by atoms with van der Waals surface area (Å²) in [4.78, 5) is 10.6. The molecule has 0 spiro atoms. The van der Waals surface area contributed by atoms with Crippen LogP contribution in [0, 0.1) is 10.1 Å². The molecule has 0 amide bonds. The lowest BCUT2D eigenvalue weighted by atomic mass is 10.1. The van der Waals surface area contributed by atoms with Crippen LogP contribution in [0.2, 0.25) is 0 Å². The van der Waals surface area contributed by atoms with Crippen LogP contribution in [-0.4, -0.2) is 12.0 Å². The van der Waals surface area contributed by atoms with Crippen LogP contribution in [0.4, 0.5) is 5.69 Å². The normalized spacial score (nSPS) is 9.81. The van der Waals surface area contributed by atoms with E-state index in [1.54, 1.807) is 12.1 Å². The third-order valence-corrected chi connectivity index (χ3v) is 3.05. The van der Waals surface area contributed by atoms with Gasteiger partial charge in [0.05, 0.1) is 12.0 Å². The molecule has 112 valence electrons. The van der Waals surface area contributed by atoms with E-state index < -0.39 is 4.92 Å². The molecule has 0 aliphatic rings. The number of hydrogen-bond donors (Lipinski definition) is 0. The summed E-state index contributed by atoms with van der Waals surface area (Å²) in [5, 5.41) is 11.1. The molecule has 0 saturated heterocycles. The predicted octanol–water partition coefficient (Wildman–Crippen LogP) is -0.0281. The lowest BCUT2D eigenvalue weighted by Crippen LogP contribution is -3.00. The number of halogens is 1. The van der Waals surface area contributed by atoms with Gasteiger partial charge in [-0.2, -0.15) is 0 Å². The van der Waals surface area contributed by atoms with Gasteiger partial charge in [0, 0.05) is 24.1 Å². The molecule has 0 aliphatic heterocycles. The Morgan fingerprint density at radius 1 is 1.29 bits per heavy atom. The van der Waals surface area contributed by atoms with Crippen molar-refractivity contribution < 1.29 is 38.2 Å². The van der Waals surface area contributed by atoms with E-state index in [2.05, 4.69) is 11.5 Å². The van der Waals surface area contributed by atoms with Gasteiger partial charge >= 0.3 is 5.69 Å². The predicted molar refractivity (Wildman–Crippen MR) is 75.6 cm³/mol. The lowest BCUT2D eigenvalue weighted by Gasteiger charge is -2.04. The summed E-state index contributed by atoms with van der Waals surface area (Å²) < 4.78 is 7.09. The summed E-state index contributed by atoms with van der Waals surface area (Å²) in [5.74, 6) is 0.274. The second-order valence-corrected chi connectivity index (χ2v) is 4.47. The zero-order valence-electron chi connectivity index (χ0n) is 12.0. The number of nitro benzene ring substituents is 1. The van der Waals surface area contributed by atoms with Gasteiger partial charge in [-0.3, -0.25) is 10.1 Å². The molecule has 1 heterocycles. The van der Waals surface area contributed by atoms with Crippen LogP contribution >= 0.6 is 0 Å². The summed E-state index contributed by atoms with van der Waals surface area (Å²) in [7, 11) is 1.43. The number of benzene rings is 1. The molecule has 0 radical (unpaired) electrons. The van der Waals surface area contributed by atoms with Crippen molar-refractivity contribution in [2.75, 3.05) is 7.11 Å². The highest BCUT2D eigenvalue weighted by Crippen LogP contribution is 2.31. The second-order valence-electron chi connectivity index (χ2n) is 4.47. The number of hydrogen-bond acceptors (Lipinski definition) is 3. The number of nitrogens with zero attached hydrogens (tertiary/aromatic N) is 2. The highest BCUT2D eigenvalue weighted by Gasteiger charge is 2.16. The minimum atomic E-state index is -0.425. The maximum Gasteiger partial charge on any atom is 0.311 e. The molecule has 1 aromatic heterocycles. The van der Waals surface area contributed by atoms with E-state index in [1.807, 2.05) is 30.6 Å². The van der Waals surface area contributed by atoms with Crippen LogP contribution < -0.4 is 33.3 Å². The van der Waals surface area contributed by atoms with Crippen molar-refractivity contribution in [2.45, 2.75) is 19.9 Å². The Hall–Kier alpha value is -1.70. The molecule has 2 aromatic rings. The van der Waals surface area contributed by atoms with Crippen molar-refractivity contribution in [1.82, 2.24) is 0 Å². The van der Waals surface area contributed by atoms with Crippen LogP contribution in [0.15, 0.2) is 42.7 Å². The van der Waals surface area contributed by atoms with Gasteiger partial charge in [0.2, 0.25) is 0 Å². The number of pyridine rings is 1. The minimum Gasteiger partial charge on any atom is -1.00 e. The van der Waals surface area contributed by atoms with E-state index in [1.165, 1.54) is 7.11 Å². The summed E-state index contributed by atoms with van der Waals surface area (Å²) in [6.07, 6.45) is 5.02. The largest absolute Gasteiger partial charge is 1.00 e. The number of methoxy groups -OCH3 is 1. The van der Waals surface area contributed by atoms with Crippen molar-refractivity contribution in [3.05, 3.63) is 52.8 Å². The molecular formula is C15H17IN2O3. The first kappa shape index (κ1) is 17.4. The number of ether oxygens (including phenoxy) is 1. The summed E-state index contributed by atoms with van der Waals surface area (Å²) in [6.45, 7) is 3.03. The van der Waals surface area contributed by atoms with E-state index in [0.717, 1.165) is 24.1 Å². The quantitative estimate of drug-likeness (QED) is 0.307. The molecule has 0 saturated carbocycles. The Kier molecular flexibility index (Phi) is 6.54. The topological polar surface area (TPSA) is 56.2 Å². The third kappa shape index (κ3) is 4.13. The second kappa shape index (κ2) is 7.92. The van der Waals surface area contributed by atoms with E-state index in [4.69, 9.17) is 4.74 Å². The highest BCUT2D eigenvalue weighted by atomic mass is 127. The van der Waals surface area contributed by atoms with E-state index in [0.29, 0.717) is 0 Å². The van der Waals surface area contributed by atoms with E-state index in [-0.39, 0.29) is 35.4 Å². The number of nitro groups is 1. The van der Waals surface area contributed by atoms with Gasteiger partial charge in [-0.15, -0.1) is 0 Å². The number of aryl methyl sites for hydroxylation is 1. The van der Waals surface area contributed by atoms with Crippen LogP contribution in [0.1, 0.15) is 13.3 Å². The summed E-state index contributed by atoms with van der Waals surface area (Å²) in [5.41, 5.74) is 1.74. The van der Waals surface area contributed by atoms with Crippen molar-refractivity contribution in [3.63, 3.8) is 0 Å². The number of aromatic nitrogens is 1. The molecule has 0 fully saturated rings. The Labute approximate surface area is 140 Å². The average molecular weight is 400 g/mol. The fraction of sp³-hybridized carbons (Fsp3) is 0.267. The monoisotopic (exact) mass is 400 g/mol. The molecule has 5 nitrogen and oxygen atoms in total. The van der Waals surface area contributed by atoms with Crippen molar-refractivity contribution in [3.8, 4) is 16.9 Å². The lowest BCUT2D eigenvalue weighted by molar-refractivity contribution is -0.696. The van der Waals surface area contributed by atoms with Gasteiger partial charge < -0.3 is 28.7 Å². The minimum absolute atomic E-state index is 0. The molecular weight excluding hydrogens is 383 g/mol. The fourth-order valence-electron chi connectivity index (χ4n) is 2.10. The summed E-state index contributed by atoms with van der Waals surface area (Å²) >= 11 is 0. The molecule has 21 heavy (non-hydrogen) atoms. The van der Waals surface area contributed by atoms with Gasteiger partial charge in [0.25, 0.3) is 0 Å². The smallest absolute Gasteiger partial charge is 0.311 e. The Bertz CT molecular complexity index is 632. The van der Waals surface area contributed by atoms with Gasteiger partial charge in [0.15, 0.2) is 18.1 Å². The molecule has 2 rings (SSSR count). The Morgan fingerprint density at radius 3 is 2.67 bits per heavy atom. The van der Waals surface area contributed by atoms with Gasteiger partial charge in [-0.25, -0.2) is 4.57 Å². The van der Waals surface area contributed by atoms with Crippen molar-refractivity contribution in [1.29, 1.82) is 0 Å². The SMILES string of the molecule is CCC[n+]1cccc(-c2ccc(OC)c([N+](=O)[O-])c2)c1.[I-]. The molecule has 0 N–H and O–H groups in total. The first-order valence-corrected chi connectivity index (χ1v) is 6.47. The first-order chi connectivity index (χ1) is 9.65. The maximum absolute atomic E-state index is 11.1. The highest BCUT2D eigenvalue weighted by molar-refractivity contribution is 5.67. The van der Waals surface area contributed by atoms with Gasteiger partial charge in [-0.1, -0.05) is 6.92 Å². The van der Waals surface area contributed by atoms with Crippen LogP contribution in [-0.2, 0) is 6.54 Å². The maximum atomic E-state index is 11.1. The zero-order chi connectivity index (χ0) is 14.5. The molecule has 6 heteroatoms. The van der Waals surface area contributed by atoms with Crippen LogP contribution in [0.5, 0.6) is 5.75 Å². The molecule has 0 unspecified atom stereocenters. The van der Waals surface area contributed by atoms with Crippen molar-refractivity contribution >= 4 is 5.69 Å². The van der Waals surface area contributed by atoms with Crippen LogP contribution in [0.3, 0.4) is 0 Å². The van der Waals surface area contributed by atoms with E-state index >= 15 is 0 Å². The molecule has 0 aliphatic carbocycles. The summed E-state index contributed by atoms with van der Waals surface area (Å²) in [6, 6.07) is 8.89. The Morgan fingerprint density at radius 2 is 2.05 bits per heavy atom. The van der Waals surface area contributed by atoms with Crippen molar-refractivity contribution in [2.24, 2.45) is 0 Å². The zero-order valence-corrected chi connectivity index (χ0v) is 14.1. The van der Waals surface area contributed by atoms with Crippen LogP contribution in [0.25, 0.3) is 11.1 Å². The van der Waals surface area contributed by atoms with Gasteiger partial charge in [-0.05, 0) is 23.8 Å². The fourth-order valence-corrected chi connectivity index (χ4v) is 2.10. The third-order valence-electron chi connectivity index (χ3n) is 3.05. The van der Waals surface area contributed by atoms with Gasteiger partial charge in [0.1, 0.15) is 6.54 Å². The molecule has 1 aromatic carbocycles. The molecule has 0 atom stereocenters. The van der Waals surface area contributed by atoms with E-state index in [9.17, 15) is 10.1 Å². The average Bonchev–Trinajstić information content (AvgIpc) is 2.47. The Balaban J connectivity index is 0.00000220. The first-order valence-electron chi connectivity index (χ1n) is 6.47. The number of rotatable bonds is 5.